The van der Waals surface area contributed by atoms with E-state index in [0.29, 0.717) is 35.8 Å². The molecule has 0 aliphatic carbocycles. The number of carbonyl (C=O) groups is 1. The van der Waals surface area contributed by atoms with Gasteiger partial charge in [-0.2, -0.15) is 0 Å². The Kier molecular flexibility index (Phi) is 5.36. The first-order valence-electron chi connectivity index (χ1n) is 8.13. The monoisotopic (exact) mass is 359 g/mol. The summed E-state index contributed by atoms with van der Waals surface area (Å²) in [7, 11) is 4.54. The Hall–Kier alpha value is -3.09. The second kappa shape index (κ2) is 7.86. The van der Waals surface area contributed by atoms with Crippen LogP contribution in [0, 0.1) is 0 Å². The number of benzene rings is 2. The molecule has 2 aromatic carbocycles. The van der Waals surface area contributed by atoms with Crippen LogP contribution in [0.15, 0.2) is 30.3 Å². The van der Waals surface area contributed by atoms with Gasteiger partial charge in [-0.1, -0.05) is 6.07 Å². The molecule has 138 valence electrons. The van der Waals surface area contributed by atoms with Gasteiger partial charge >= 0.3 is 0 Å². The maximum absolute atomic E-state index is 12.5. The Morgan fingerprint density at radius 3 is 2.35 bits per heavy atom. The normalized spacial score (nSPS) is 11.8. The lowest BCUT2D eigenvalue weighted by molar-refractivity contribution is 0.0953. The summed E-state index contributed by atoms with van der Waals surface area (Å²) < 4.78 is 26.5. The molecule has 0 bridgehead atoms. The molecular weight excluding hydrogens is 338 g/mol. The molecule has 1 aliphatic heterocycles. The molecule has 1 aliphatic rings. The molecule has 3 rings (SSSR count). The number of rotatable bonds is 7. The van der Waals surface area contributed by atoms with Crippen molar-refractivity contribution in [3.63, 3.8) is 0 Å². The third kappa shape index (κ3) is 3.61. The van der Waals surface area contributed by atoms with Gasteiger partial charge in [0.2, 0.25) is 12.5 Å². The van der Waals surface area contributed by atoms with Gasteiger partial charge in [0.1, 0.15) is 0 Å². The Morgan fingerprint density at radius 1 is 1.00 bits per heavy atom. The van der Waals surface area contributed by atoms with Crippen LogP contribution in [0.2, 0.25) is 0 Å². The van der Waals surface area contributed by atoms with Crippen LogP contribution in [0.3, 0.4) is 0 Å². The summed E-state index contributed by atoms with van der Waals surface area (Å²) in [5.74, 6) is 2.59. The number of hydrogen-bond acceptors (Lipinski definition) is 6. The molecule has 0 saturated carbocycles. The second-order valence-electron chi connectivity index (χ2n) is 5.61. The topological polar surface area (TPSA) is 75.3 Å². The van der Waals surface area contributed by atoms with Crippen molar-refractivity contribution in [3.8, 4) is 28.7 Å². The predicted octanol–water partition coefficient (Wildman–Crippen LogP) is 2.41. The summed E-state index contributed by atoms with van der Waals surface area (Å²) in [4.78, 5) is 12.5. The molecule has 1 N–H and O–H groups in total. The molecule has 2 aromatic rings. The van der Waals surface area contributed by atoms with Crippen molar-refractivity contribution in [2.75, 3.05) is 34.7 Å². The average molecular weight is 359 g/mol. The zero-order chi connectivity index (χ0) is 18.5. The maximum Gasteiger partial charge on any atom is 0.251 e. The Morgan fingerprint density at radius 2 is 1.69 bits per heavy atom. The van der Waals surface area contributed by atoms with Crippen LogP contribution in [0.1, 0.15) is 15.9 Å². The first-order valence-corrected chi connectivity index (χ1v) is 8.13. The first-order chi connectivity index (χ1) is 12.7. The molecule has 1 amide bonds. The summed E-state index contributed by atoms with van der Waals surface area (Å²) in [6, 6.07) is 9.00. The van der Waals surface area contributed by atoms with Gasteiger partial charge in [-0.05, 0) is 36.2 Å². The van der Waals surface area contributed by atoms with Crippen molar-refractivity contribution in [2.45, 2.75) is 6.42 Å². The largest absolute Gasteiger partial charge is 0.493 e. The van der Waals surface area contributed by atoms with Gasteiger partial charge in [0, 0.05) is 12.1 Å². The average Bonchev–Trinajstić information content (AvgIpc) is 3.14. The summed E-state index contributed by atoms with van der Waals surface area (Å²) in [5.41, 5.74) is 1.49. The lowest BCUT2D eigenvalue weighted by Crippen LogP contribution is -2.25. The van der Waals surface area contributed by atoms with Crippen LogP contribution in [-0.4, -0.2) is 40.6 Å². The molecule has 0 spiro atoms. The minimum atomic E-state index is -0.218. The van der Waals surface area contributed by atoms with E-state index in [-0.39, 0.29) is 12.7 Å². The predicted molar refractivity (Wildman–Crippen MR) is 94.7 cm³/mol. The fraction of sp³-hybridized carbons (Fsp3) is 0.316. The van der Waals surface area contributed by atoms with E-state index in [0.717, 1.165) is 17.1 Å². The number of amides is 1. The summed E-state index contributed by atoms with van der Waals surface area (Å²) in [6.45, 7) is 0.728. The second-order valence-corrected chi connectivity index (χ2v) is 5.61. The summed E-state index contributed by atoms with van der Waals surface area (Å²) in [6.07, 6.45) is 0.673. The number of carbonyl (C=O) groups excluding carboxylic acids is 1. The fourth-order valence-electron chi connectivity index (χ4n) is 2.73. The minimum Gasteiger partial charge on any atom is -0.493 e. The molecule has 0 atom stereocenters. The van der Waals surface area contributed by atoms with Gasteiger partial charge in [-0.3, -0.25) is 4.79 Å². The minimum absolute atomic E-state index is 0.218. The van der Waals surface area contributed by atoms with E-state index in [4.69, 9.17) is 23.7 Å². The van der Waals surface area contributed by atoms with Gasteiger partial charge in [-0.15, -0.1) is 0 Å². The van der Waals surface area contributed by atoms with E-state index in [2.05, 4.69) is 5.32 Å². The van der Waals surface area contributed by atoms with Crippen molar-refractivity contribution in [3.05, 3.63) is 41.5 Å². The van der Waals surface area contributed by atoms with Crippen LogP contribution < -0.4 is 29.0 Å². The highest BCUT2D eigenvalue weighted by Gasteiger charge is 2.17. The number of fused-ring (bicyclic) bond motifs is 1. The Labute approximate surface area is 151 Å². The molecule has 0 radical (unpaired) electrons. The Balaban J connectivity index is 1.64. The van der Waals surface area contributed by atoms with E-state index in [9.17, 15) is 4.79 Å². The molecular formula is C19H21NO6. The molecule has 0 unspecified atom stereocenters. The van der Waals surface area contributed by atoms with E-state index in [1.807, 2.05) is 18.2 Å². The lowest BCUT2D eigenvalue weighted by Gasteiger charge is -2.14. The number of hydrogen-bond donors (Lipinski definition) is 1. The molecule has 0 aromatic heterocycles. The fourth-order valence-corrected chi connectivity index (χ4v) is 2.73. The first kappa shape index (κ1) is 17.7. The van der Waals surface area contributed by atoms with Crippen molar-refractivity contribution in [2.24, 2.45) is 0 Å². The highest BCUT2D eigenvalue weighted by Crippen LogP contribution is 2.38. The smallest absolute Gasteiger partial charge is 0.251 e. The van der Waals surface area contributed by atoms with Gasteiger partial charge < -0.3 is 29.0 Å². The Bertz CT molecular complexity index is 780. The van der Waals surface area contributed by atoms with E-state index >= 15 is 0 Å². The molecule has 7 heteroatoms. The number of ether oxygens (including phenoxy) is 5. The van der Waals surface area contributed by atoms with Crippen LogP contribution in [0.5, 0.6) is 28.7 Å². The van der Waals surface area contributed by atoms with E-state index in [1.165, 1.54) is 21.3 Å². The van der Waals surface area contributed by atoms with Crippen molar-refractivity contribution >= 4 is 5.91 Å². The van der Waals surface area contributed by atoms with Crippen molar-refractivity contribution in [1.82, 2.24) is 5.32 Å². The zero-order valence-electron chi connectivity index (χ0n) is 15.0. The quantitative estimate of drug-likeness (QED) is 0.818. The molecule has 0 fully saturated rings. The van der Waals surface area contributed by atoms with Crippen molar-refractivity contribution < 1.29 is 28.5 Å². The lowest BCUT2D eigenvalue weighted by atomic mass is 10.1. The van der Waals surface area contributed by atoms with Gasteiger partial charge in [0.25, 0.3) is 5.91 Å². The van der Waals surface area contributed by atoms with Crippen LogP contribution in [-0.2, 0) is 6.42 Å². The number of methoxy groups -OCH3 is 3. The molecule has 7 nitrogen and oxygen atoms in total. The van der Waals surface area contributed by atoms with E-state index < -0.39 is 0 Å². The molecule has 26 heavy (non-hydrogen) atoms. The third-order valence-electron chi connectivity index (χ3n) is 4.06. The third-order valence-corrected chi connectivity index (χ3v) is 4.06. The maximum atomic E-state index is 12.5. The van der Waals surface area contributed by atoms with E-state index in [1.54, 1.807) is 12.1 Å². The van der Waals surface area contributed by atoms with Gasteiger partial charge in [0.15, 0.2) is 23.0 Å². The number of nitrogens with one attached hydrogen (secondary N) is 1. The highest BCUT2D eigenvalue weighted by atomic mass is 16.7. The molecule has 1 heterocycles. The highest BCUT2D eigenvalue weighted by molar-refractivity contribution is 5.95. The van der Waals surface area contributed by atoms with Gasteiger partial charge in [-0.25, -0.2) is 0 Å². The van der Waals surface area contributed by atoms with Crippen LogP contribution in [0.25, 0.3) is 0 Å². The van der Waals surface area contributed by atoms with Crippen LogP contribution >= 0.6 is 0 Å². The summed E-state index contributed by atoms with van der Waals surface area (Å²) >= 11 is 0. The van der Waals surface area contributed by atoms with Crippen LogP contribution in [0.4, 0.5) is 0 Å². The molecule has 0 saturated heterocycles. The summed E-state index contributed by atoms with van der Waals surface area (Å²) in [5, 5.41) is 2.89. The van der Waals surface area contributed by atoms with Crippen molar-refractivity contribution in [1.29, 1.82) is 0 Å². The standard InChI is InChI=1S/C19H21NO6/c1-22-16-9-13(10-17(23-2)18(16)24-3)19(21)20-7-6-12-4-5-14-15(8-12)26-11-25-14/h4-5,8-10H,6-7,11H2,1-3H3,(H,20,21). The van der Waals surface area contributed by atoms with Gasteiger partial charge in [0.05, 0.1) is 21.3 Å². The SMILES string of the molecule is COc1cc(C(=O)NCCc2ccc3c(c2)OCO3)cc(OC)c1OC. The zero-order valence-corrected chi connectivity index (χ0v) is 15.0.